The molecule has 8 heteroatoms. The second-order valence-corrected chi connectivity index (χ2v) is 4.59. The number of nitrogen functional groups attached to an aromatic ring is 1. The first-order chi connectivity index (χ1) is 10.2. The Bertz CT molecular complexity index is 884. The summed E-state index contributed by atoms with van der Waals surface area (Å²) in [5.41, 5.74) is 8.45. The lowest BCUT2D eigenvalue weighted by atomic mass is 10.2. The zero-order valence-electron chi connectivity index (χ0n) is 10.8. The molecular formula is C13H10FN7. The van der Waals surface area contributed by atoms with Crippen molar-refractivity contribution < 1.29 is 4.39 Å². The molecule has 3 heterocycles. The number of benzene rings is 1. The van der Waals surface area contributed by atoms with Gasteiger partial charge < -0.3 is 11.1 Å². The molecule has 3 N–H and O–H groups in total. The molecule has 0 spiro atoms. The molecule has 0 atom stereocenters. The third kappa shape index (κ3) is 1.80. The number of hydrogen-bond acceptors (Lipinski definition) is 6. The van der Waals surface area contributed by atoms with Gasteiger partial charge in [0.25, 0.3) is 0 Å². The van der Waals surface area contributed by atoms with E-state index in [4.69, 9.17) is 5.73 Å². The van der Waals surface area contributed by atoms with Crippen molar-refractivity contribution in [1.82, 2.24) is 19.6 Å². The number of aromatic nitrogens is 4. The monoisotopic (exact) mass is 283 g/mol. The number of nitrogens with one attached hydrogen (secondary N) is 1. The van der Waals surface area contributed by atoms with Crippen LogP contribution >= 0.6 is 0 Å². The summed E-state index contributed by atoms with van der Waals surface area (Å²) in [4.78, 5) is 12.8. The molecule has 104 valence electrons. The molecule has 7 nitrogen and oxygen atoms in total. The van der Waals surface area contributed by atoms with E-state index in [1.165, 1.54) is 16.6 Å². The minimum atomic E-state index is -0.343. The van der Waals surface area contributed by atoms with Gasteiger partial charge in [-0.2, -0.15) is 4.52 Å². The van der Waals surface area contributed by atoms with Gasteiger partial charge in [-0.3, -0.25) is 4.99 Å². The first-order valence-corrected chi connectivity index (χ1v) is 6.28. The number of rotatable bonds is 1. The summed E-state index contributed by atoms with van der Waals surface area (Å²) in [6.45, 7) is 0.436. The van der Waals surface area contributed by atoms with Gasteiger partial charge in [-0.25, -0.2) is 14.4 Å². The van der Waals surface area contributed by atoms with Crippen molar-refractivity contribution in [2.45, 2.75) is 6.54 Å². The van der Waals surface area contributed by atoms with Crippen LogP contribution in [-0.2, 0) is 6.54 Å². The summed E-state index contributed by atoms with van der Waals surface area (Å²) in [5.74, 6) is 0.267. The number of halogens is 1. The predicted molar refractivity (Wildman–Crippen MR) is 76.4 cm³/mol. The van der Waals surface area contributed by atoms with E-state index >= 15 is 0 Å². The van der Waals surface area contributed by atoms with Crippen LogP contribution in [0.25, 0.3) is 17.0 Å². The number of aliphatic imine (C=N–C) groups is 1. The predicted octanol–water partition coefficient (Wildman–Crippen LogP) is 1.47. The molecule has 1 aliphatic heterocycles. The van der Waals surface area contributed by atoms with Gasteiger partial charge in [0.05, 0.1) is 18.6 Å². The zero-order chi connectivity index (χ0) is 14.4. The van der Waals surface area contributed by atoms with Crippen molar-refractivity contribution in [1.29, 1.82) is 0 Å². The fourth-order valence-corrected chi connectivity index (χ4v) is 2.26. The van der Waals surface area contributed by atoms with Gasteiger partial charge in [-0.1, -0.05) is 12.1 Å². The van der Waals surface area contributed by atoms with Crippen molar-refractivity contribution in [2.24, 2.45) is 4.99 Å². The molecule has 0 bridgehead atoms. The molecular weight excluding hydrogens is 273 g/mol. The SMILES string of the molecule is Nc1nc2c(c3nc(-c4cccc(F)c4)nn13)NC=NC2. The number of hydrogen-bond donors (Lipinski definition) is 2. The van der Waals surface area contributed by atoms with E-state index in [2.05, 4.69) is 25.4 Å². The van der Waals surface area contributed by atoms with Gasteiger partial charge in [0.1, 0.15) is 11.5 Å². The summed E-state index contributed by atoms with van der Waals surface area (Å²) < 4.78 is 14.8. The Labute approximate surface area is 118 Å². The molecule has 0 aliphatic carbocycles. The average Bonchev–Trinajstić information content (AvgIpc) is 2.93. The van der Waals surface area contributed by atoms with Crippen LogP contribution in [0.2, 0.25) is 0 Å². The van der Waals surface area contributed by atoms with E-state index in [0.29, 0.717) is 35.0 Å². The number of nitrogens with zero attached hydrogens (tertiary/aromatic N) is 5. The highest BCUT2D eigenvalue weighted by atomic mass is 19.1. The van der Waals surface area contributed by atoms with Crippen molar-refractivity contribution in [2.75, 3.05) is 11.1 Å². The van der Waals surface area contributed by atoms with Gasteiger partial charge in [-0.15, -0.1) is 5.10 Å². The van der Waals surface area contributed by atoms with Crippen molar-refractivity contribution in [3.05, 3.63) is 35.8 Å². The fourth-order valence-electron chi connectivity index (χ4n) is 2.26. The van der Waals surface area contributed by atoms with E-state index in [1.807, 2.05) is 0 Å². The molecule has 0 radical (unpaired) electrons. The maximum Gasteiger partial charge on any atom is 0.223 e. The van der Waals surface area contributed by atoms with Gasteiger partial charge in [0.15, 0.2) is 11.5 Å². The topological polar surface area (TPSA) is 93.5 Å². The first-order valence-electron chi connectivity index (χ1n) is 6.28. The Morgan fingerprint density at radius 2 is 2.19 bits per heavy atom. The highest BCUT2D eigenvalue weighted by molar-refractivity contribution is 5.87. The van der Waals surface area contributed by atoms with E-state index in [0.717, 1.165) is 0 Å². The summed E-state index contributed by atoms with van der Waals surface area (Å²) in [6.07, 6.45) is 1.58. The van der Waals surface area contributed by atoms with Crippen LogP contribution in [0.5, 0.6) is 0 Å². The standard InChI is InChI=1S/C13H10FN7/c14-8-3-1-2-7(4-8)11-19-12-10-9(5-16-6-17-10)18-13(15)21(12)20-11/h1-4,6H,5H2,(H2,15,18)(H,16,17). The van der Waals surface area contributed by atoms with E-state index in [9.17, 15) is 4.39 Å². The Kier molecular flexibility index (Phi) is 2.37. The van der Waals surface area contributed by atoms with Crippen molar-refractivity contribution in [3.8, 4) is 11.4 Å². The van der Waals surface area contributed by atoms with Gasteiger partial charge >= 0.3 is 0 Å². The van der Waals surface area contributed by atoms with Gasteiger partial charge in [-0.05, 0) is 12.1 Å². The van der Waals surface area contributed by atoms with Crippen LogP contribution in [0.3, 0.4) is 0 Å². The maximum atomic E-state index is 13.3. The second kappa shape index (κ2) is 4.23. The lowest BCUT2D eigenvalue weighted by Crippen LogP contribution is -2.13. The first kappa shape index (κ1) is 11.8. The normalized spacial score (nSPS) is 13.2. The summed E-state index contributed by atoms with van der Waals surface area (Å²) in [5, 5.41) is 7.30. The lowest BCUT2D eigenvalue weighted by Gasteiger charge is -2.12. The minimum Gasteiger partial charge on any atom is -0.368 e. The Morgan fingerprint density at radius 1 is 1.29 bits per heavy atom. The second-order valence-electron chi connectivity index (χ2n) is 4.59. The Hall–Kier alpha value is -3.03. The molecule has 0 unspecified atom stereocenters. The van der Waals surface area contributed by atoms with E-state index in [-0.39, 0.29) is 11.8 Å². The molecule has 2 aromatic heterocycles. The molecule has 0 saturated carbocycles. The van der Waals surface area contributed by atoms with Crippen LogP contribution in [-0.4, -0.2) is 25.9 Å². The minimum absolute atomic E-state index is 0.220. The summed E-state index contributed by atoms with van der Waals surface area (Å²) >= 11 is 0. The molecule has 3 aromatic rings. The largest absolute Gasteiger partial charge is 0.368 e. The Morgan fingerprint density at radius 3 is 3.05 bits per heavy atom. The molecule has 0 saturated heterocycles. The van der Waals surface area contributed by atoms with Crippen molar-refractivity contribution in [3.63, 3.8) is 0 Å². The van der Waals surface area contributed by atoms with E-state index < -0.39 is 0 Å². The molecule has 0 amide bonds. The summed E-state index contributed by atoms with van der Waals surface area (Å²) in [7, 11) is 0. The van der Waals surface area contributed by atoms with Gasteiger partial charge in [0, 0.05) is 5.56 Å². The molecule has 21 heavy (non-hydrogen) atoms. The smallest absolute Gasteiger partial charge is 0.223 e. The number of nitrogens with two attached hydrogens (primary N) is 1. The van der Waals surface area contributed by atoms with Crippen LogP contribution < -0.4 is 11.1 Å². The molecule has 1 aromatic carbocycles. The van der Waals surface area contributed by atoms with E-state index in [1.54, 1.807) is 18.5 Å². The summed E-state index contributed by atoms with van der Waals surface area (Å²) in [6, 6.07) is 6.09. The highest BCUT2D eigenvalue weighted by Crippen LogP contribution is 2.26. The Balaban J connectivity index is 1.96. The number of fused-ring (bicyclic) bond motifs is 3. The third-order valence-corrected chi connectivity index (χ3v) is 3.21. The average molecular weight is 283 g/mol. The zero-order valence-corrected chi connectivity index (χ0v) is 10.8. The van der Waals surface area contributed by atoms with Crippen molar-refractivity contribution >= 4 is 23.6 Å². The lowest BCUT2D eigenvalue weighted by molar-refractivity contribution is 0.628. The van der Waals surface area contributed by atoms with Gasteiger partial charge in [0.2, 0.25) is 5.95 Å². The molecule has 0 fully saturated rings. The van der Waals surface area contributed by atoms with Crippen LogP contribution in [0.4, 0.5) is 16.0 Å². The van der Waals surface area contributed by atoms with Crippen LogP contribution in [0.15, 0.2) is 29.3 Å². The third-order valence-electron chi connectivity index (χ3n) is 3.21. The molecule has 4 rings (SSSR count). The number of anilines is 2. The maximum absolute atomic E-state index is 13.3. The fraction of sp³-hybridized carbons (Fsp3) is 0.0769. The van der Waals surface area contributed by atoms with Crippen LogP contribution in [0.1, 0.15) is 5.69 Å². The van der Waals surface area contributed by atoms with Crippen LogP contribution in [0, 0.1) is 5.82 Å². The molecule has 1 aliphatic rings. The highest BCUT2D eigenvalue weighted by Gasteiger charge is 2.18. The quantitative estimate of drug-likeness (QED) is 0.705.